The maximum absolute atomic E-state index is 11.9. The van der Waals surface area contributed by atoms with Gasteiger partial charge < -0.3 is 21.5 Å². The number of hydrogen-bond acceptors (Lipinski definition) is 3. The number of carbonyl (C=O) groups is 1. The maximum atomic E-state index is 11.9. The molecule has 0 spiro atoms. The van der Waals surface area contributed by atoms with Gasteiger partial charge in [-0.05, 0) is 36.2 Å². The zero-order valence-corrected chi connectivity index (χ0v) is 16.4. The van der Waals surface area contributed by atoms with E-state index in [-0.39, 0.29) is 41.2 Å². The van der Waals surface area contributed by atoms with E-state index in [1.165, 1.54) is 11.6 Å². The number of hydrogen-bond donors (Lipinski definition) is 4. The van der Waals surface area contributed by atoms with Crippen molar-refractivity contribution in [3.8, 4) is 5.75 Å². The predicted molar refractivity (Wildman–Crippen MR) is 112 cm³/mol. The number of phenols is 1. The number of carbonyl (C=O) groups excluding carboxylic acids is 1. The van der Waals surface area contributed by atoms with Gasteiger partial charge in [-0.3, -0.25) is 9.79 Å². The van der Waals surface area contributed by atoms with E-state index in [4.69, 9.17) is 5.73 Å². The zero-order chi connectivity index (χ0) is 17.4. The first-order valence-corrected chi connectivity index (χ1v) is 7.82. The average molecular weight is 454 g/mol. The number of phenolic OH excluding ortho intramolecular Hbond substituents is 1. The number of aliphatic imine (C=N–C) groups is 1. The molecule has 0 aliphatic carbocycles. The quantitative estimate of drug-likeness (QED) is 0.234. The Kier molecular flexibility index (Phi) is 8.76. The Morgan fingerprint density at radius 3 is 2.68 bits per heavy atom. The second kappa shape index (κ2) is 10.5. The minimum Gasteiger partial charge on any atom is -0.507 e. The highest BCUT2D eigenvalue weighted by Crippen LogP contribution is 2.14. The van der Waals surface area contributed by atoms with Gasteiger partial charge in [-0.1, -0.05) is 31.2 Å². The molecule has 5 N–H and O–H groups in total. The number of rotatable bonds is 6. The third-order valence-corrected chi connectivity index (χ3v) is 3.44. The van der Waals surface area contributed by atoms with E-state index < -0.39 is 0 Å². The summed E-state index contributed by atoms with van der Waals surface area (Å²) in [7, 11) is 0. The molecular formula is C18H23IN4O2. The van der Waals surface area contributed by atoms with Crippen LogP contribution in [0.1, 0.15) is 22.8 Å². The van der Waals surface area contributed by atoms with E-state index in [9.17, 15) is 9.90 Å². The molecule has 0 heterocycles. The molecule has 0 aliphatic heterocycles. The summed E-state index contributed by atoms with van der Waals surface area (Å²) >= 11 is 0. The number of benzene rings is 2. The third kappa shape index (κ3) is 6.61. The predicted octanol–water partition coefficient (Wildman–Crippen LogP) is 2.73. The van der Waals surface area contributed by atoms with Crippen molar-refractivity contribution in [1.82, 2.24) is 5.32 Å². The fourth-order valence-electron chi connectivity index (χ4n) is 2.16. The van der Waals surface area contributed by atoms with Gasteiger partial charge in [-0.25, -0.2) is 0 Å². The minimum atomic E-state index is -0.342. The summed E-state index contributed by atoms with van der Waals surface area (Å²) in [5.41, 5.74) is 8.17. The summed E-state index contributed by atoms with van der Waals surface area (Å²) in [5.74, 6) is -0.0963. The van der Waals surface area contributed by atoms with Crippen LogP contribution in [0.15, 0.2) is 53.5 Å². The molecule has 0 saturated heterocycles. The number of nitrogens with zero attached hydrogens (tertiary/aromatic N) is 1. The SMILES string of the molecule is CCc1cccc(NC(N)=NCCNC(=O)c2ccccc2O)c1.I. The molecule has 2 rings (SSSR count). The first-order chi connectivity index (χ1) is 11.6. The Labute approximate surface area is 164 Å². The molecule has 25 heavy (non-hydrogen) atoms. The first-order valence-electron chi connectivity index (χ1n) is 7.82. The van der Waals surface area contributed by atoms with Gasteiger partial charge in [-0.15, -0.1) is 24.0 Å². The van der Waals surface area contributed by atoms with Crippen molar-refractivity contribution in [3.63, 3.8) is 0 Å². The summed E-state index contributed by atoms with van der Waals surface area (Å²) in [6.07, 6.45) is 0.949. The number of guanidine groups is 1. The largest absolute Gasteiger partial charge is 0.507 e. The molecule has 6 nitrogen and oxygen atoms in total. The lowest BCUT2D eigenvalue weighted by Crippen LogP contribution is -2.28. The molecule has 0 fully saturated rings. The van der Waals surface area contributed by atoms with Crippen LogP contribution in [0.25, 0.3) is 0 Å². The van der Waals surface area contributed by atoms with Crippen molar-refractivity contribution in [3.05, 3.63) is 59.7 Å². The van der Waals surface area contributed by atoms with Crippen molar-refractivity contribution >= 4 is 41.5 Å². The number of anilines is 1. The van der Waals surface area contributed by atoms with Crippen LogP contribution in [0.5, 0.6) is 5.75 Å². The van der Waals surface area contributed by atoms with E-state index >= 15 is 0 Å². The van der Waals surface area contributed by atoms with Crippen molar-refractivity contribution in [2.24, 2.45) is 10.7 Å². The molecule has 1 amide bonds. The molecule has 0 aliphatic rings. The van der Waals surface area contributed by atoms with Crippen molar-refractivity contribution in [2.45, 2.75) is 13.3 Å². The summed E-state index contributed by atoms with van der Waals surface area (Å²) in [4.78, 5) is 16.1. The summed E-state index contributed by atoms with van der Waals surface area (Å²) in [5, 5.41) is 15.3. The second-order valence-electron chi connectivity index (χ2n) is 5.22. The van der Waals surface area contributed by atoms with Crippen LogP contribution in [0.4, 0.5) is 5.69 Å². The Balaban J connectivity index is 0.00000312. The topological polar surface area (TPSA) is 99.7 Å². The molecule has 2 aromatic rings. The van der Waals surface area contributed by atoms with E-state index in [1.54, 1.807) is 18.2 Å². The molecule has 0 saturated carbocycles. The molecule has 134 valence electrons. The summed E-state index contributed by atoms with van der Waals surface area (Å²) < 4.78 is 0. The number of aryl methyl sites for hydroxylation is 1. The van der Waals surface area contributed by atoms with Gasteiger partial charge in [0.2, 0.25) is 0 Å². The van der Waals surface area contributed by atoms with Crippen LogP contribution in [0, 0.1) is 0 Å². The number of nitrogens with two attached hydrogens (primary N) is 1. The Morgan fingerprint density at radius 1 is 1.20 bits per heavy atom. The Morgan fingerprint density at radius 2 is 1.96 bits per heavy atom. The van der Waals surface area contributed by atoms with Gasteiger partial charge in [0, 0.05) is 12.2 Å². The lowest BCUT2D eigenvalue weighted by atomic mass is 10.1. The second-order valence-corrected chi connectivity index (χ2v) is 5.22. The number of nitrogens with one attached hydrogen (secondary N) is 2. The molecule has 0 radical (unpaired) electrons. The van der Waals surface area contributed by atoms with E-state index in [2.05, 4.69) is 22.5 Å². The number of amides is 1. The van der Waals surface area contributed by atoms with Crippen LogP contribution in [-0.4, -0.2) is 30.1 Å². The molecule has 0 aromatic heterocycles. The van der Waals surface area contributed by atoms with E-state index in [0.29, 0.717) is 19.0 Å². The van der Waals surface area contributed by atoms with Crippen molar-refractivity contribution in [2.75, 3.05) is 18.4 Å². The molecule has 0 atom stereocenters. The number of aromatic hydroxyl groups is 1. The lowest BCUT2D eigenvalue weighted by Gasteiger charge is -2.08. The van der Waals surface area contributed by atoms with Gasteiger partial charge in [0.15, 0.2) is 5.96 Å². The van der Waals surface area contributed by atoms with Crippen LogP contribution in [-0.2, 0) is 6.42 Å². The molecule has 7 heteroatoms. The normalized spacial score (nSPS) is 10.7. The van der Waals surface area contributed by atoms with Gasteiger partial charge in [0.25, 0.3) is 5.91 Å². The highest BCUT2D eigenvalue weighted by molar-refractivity contribution is 14.0. The maximum Gasteiger partial charge on any atom is 0.255 e. The fraction of sp³-hybridized carbons (Fsp3) is 0.222. The van der Waals surface area contributed by atoms with E-state index in [1.807, 2.05) is 24.3 Å². The third-order valence-electron chi connectivity index (χ3n) is 3.44. The number of para-hydroxylation sites is 1. The Bertz CT molecular complexity index is 735. The smallest absolute Gasteiger partial charge is 0.255 e. The molecule has 2 aromatic carbocycles. The minimum absolute atomic E-state index is 0. The number of halogens is 1. The fourth-order valence-corrected chi connectivity index (χ4v) is 2.16. The van der Waals surface area contributed by atoms with Crippen molar-refractivity contribution in [1.29, 1.82) is 0 Å². The van der Waals surface area contributed by atoms with Gasteiger partial charge >= 0.3 is 0 Å². The Hall–Kier alpha value is -2.29. The van der Waals surface area contributed by atoms with Crippen LogP contribution in [0.2, 0.25) is 0 Å². The van der Waals surface area contributed by atoms with Crippen LogP contribution in [0.3, 0.4) is 0 Å². The van der Waals surface area contributed by atoms with Crippen LogP contribution >= 0.6 is 24.0 Å². The summed E-state index contributed by atoms with van der Waals surface area (Å²) in [6.45, 7) is 2.75. The highest BCUT2D eigenvalue weighted by atomic mass is 127. The van der Waals surface area contributed by atoms with Gasteiger partial charge in [0.1, 0.15) is 5.75 Å². The van der Waals surface area contributed by atoms with E-state index in [0.717, 1.165) is 12.1 Å². The van der Waals surface area contributed by atoms with Crippen LogP contribution < -0.4 is 16.4 Å². The van der Waals surface area contributed by atoms with Gasteiger partial charge in [-0.2, -0.15) is 0 Å². The molecule has 0 bridgehead atoms. The van der Waals surface area contributed by atoms with Crippen molar-refractivity contribution < 1.29 is 9.90 Å². The van der Waals surface area contributed by atoms with Gasteiger partial charge in [0.05, 0.1) is 12.1 Å². The standard InChI is InChI=1S/C18H22N4O2.HI/c1-2-13-6-5-7-14(12-13)22-18(19)21-11-10-20-17(24)15-8-3-4-9-16(15)23;/h3-9,12,23H,2,10-11H2,1H3,(H,20,24)(H3,19,21,22);1H. The first kappa shape index (κ1) is 20.8. The monoisotopic (exact) mass is 454 g/mol. The summed E-state index contributed by atoms with van der Waals surface area (Å²) in [6, 6.07) is 14.3. The zero-order valence-electron chi connectivity index (χ0n) is 14.0. The molecular weight excluding hydrogens is 431 g/mol. The highest BCUT2D eigenvalue weighted by Gasteiger charge is 2.08. The lowest BCUT2D eigenvalue weighted by molar-refractivity contribution is 0.0952. The molecule has 0 unspecified atom stereocenters. The average Bonchev–Trinajstić information content (AvgIpc) is 2.59.